The van der Waals surface area contributed by atoms with Crippen LogP contribution in [-0.4, -0.2) is 21.1 Å². The highest BCUT2D eigenvalue weighted by molar-refractivity contribution is 7.98. The van der Waals surface area contributed by atoms with Crippen molar-refractivity contribution in [1.29, 1.82) is 0 Å². The van der Waals surface area contributed by atoms with Gasteiger partial charge in [-0.3, -0.25) is 4.79 Å². The molecule has 0 radical (unpaired) electrons. The Hall–Kier alpha value is -1.62. The zero-order chi connectivity index (χ0) is 12.8. The van der Waals surface area contributed by atoms with Crippen LogP contribution in [-0.2, 0) is 12.3 Å². The lowest BCUT2D eigenvalue weighted by atomic mass is 10.2. The van der Waals surface area contributed by atoms with Crippen molar-refractivity contribution in [2.75, 3.05) is 0 Å². The lowest BCUT2D eigenvalue weighted by molar-refractivity contribution is 0.112. The van der Waals surface area contributed by atoms with Gasteiger partial charge in [-0.25, -0.2) is 9.67 Å². The van der Waals surface area contributed by atoms with E-state index in [2.05, 4.69) is 17.0 Å². The molecule has 2 rings (SSSR count). The SMILES string of the molecule is CCCn1ncnc1CSc1cccc(C=O)c1. The molecular formula is C13H15N3OS. The van der Waals surface area contributed by atoms with E-state index in [1.807, 2.05) is 22.9 Å². The summed E-state index contributed by atoms with van der Waals surface area (Å²) in [5.41, 5.74) is 0.704. The third kappa shape index (κ3) is 3.20. The van der Waals surface area contributed by atoms with E-state index in [-0.39, 0.29) is 0 Å². The lowest BCUT2D eigenvalue weighted by Gasteiger charge is -2.04. The molecule has 1 aromatic carbocycles. The Morgan fingerprint density at radius 1 is 1.44 bits per heavy atom. The van der Waals surface area contributed by atoms with Gasteiger partial charge < -0.3 is 0 Å². The summed E-state index contributed by atoms with van der Waals surface area (Å²) in [6.07, 6.45) is 3.50. The number of nitrogens with zero attached hydrogens (tertiary/aromatic N) is 3. The van der Waals surface area contributed by atoms with Crippen molar-refractivity contribution in [1.82, 2.24) is 14.8 Å². The third-order valence-corrected chi connectivity index (χ3v) is 3.48. The maximum atomic E-state index is 10.7. The van der Waals surface area contributed by atoms with Gasteiger partial charge in [-0.1, -0.05) is 19.1 Å². The molecule has 2 aromatic rings. The van der Waals surface area contributed by atoms with Gasteiger partial charge in [0.25, 0.3) is 0 Å². The number of rotatable bonds is 6. The topological polar surface area (TPSA) is 47.8 Å². The molecule has 1 aromatic heterocycles. The third-order valence-electron chi connectivity index (χ3n) is 2.49. The number of thioether (sulfide) groups is 1. The summed E-state index contributed by atoms with van der Waals surface area (Å²) in [5, 5.41) is 4.19. The van der Waals surface area contributed by atoms with Crippen molar-refractivity contribution in [3.8, 4) is 0 Å². The molecule has 18 heavy (non-hydrogen) atoms. The summed E-state index contributed by atoms with van der Waals surface area (Å²) in [5.74, 6) is 1.74. The van der Waals surface area contributed by atoms with E-state index in [9.17, 15) is 4.79 Å². The molecule has 0 unspecified atom stereocenters. The molecule has 0 N–H and O–H groups in total. The van der Waals surface area contributed by atoms with Crippen LogP contribution in [0.1, 0.15) is 29.5 Å². The molecule has 0 fully saturated rings. The van der Waals surface area contributed by atoms with Crippen molar-refractivity contribution >= 4 is 18.0 Å². The smallest absolute Gasteiger partial charge is 0.150 e. The Kier molecular flexibility index (Phi) is 4.52. The van der Waals surface area contributed by atoms with E-state index in [4.69, 9.17) is 0 Å². The number of hydrogen-bond acceptors (Lipinski definition) is 4. The Balaban J connectivity index is 2.01. The first-order valence-corrected chi connectivity index (χ1v) is 6.86. The molecule has 4 nitrogen and oxygen atoms in total. The molecule has 0 saturated heterocycles. The molecule has 5 heteroatoms. The van der Waals surface area contributed by atoms with Gasteiger partial charge in [0, 0.05) is 17.0 Å². The second kappa shape index (κ2) is 6.35. The Morgan fingerprint density at radius 2 is 2.33 bits per heavy atom. The molecule has 0 aliphatic carbocycles. The molecule has 0 atom stereocenters. The van der Waals surface area contributed by atoms with Crippen LogP contribution in [0.5, 0.6) is 0 Å². The molecule has 0 aliphatic heterocycles. The highest BCUT2D eigenvalue weighted by Crippen LogP contribution is 2.22. The Bertz CT molecular complexity index is 524. The Labute approximate surface area is 110 Å². The minimum Gasteiger partial charge on any atom is -0.298 e. The fraction of sp³-hybridized carbons (Fsp3) is 0.308. The van der Waals surface area contributed by atoms with Crippen molar-refractivity contribution < 1.29 is 4.79 Å². The fourth-order valence-electron chi connectivity index (χ4n) is 1.62. The van der Waals surface area contributed by atoms with Crippen LogP contribution in [0.25, 0.3) is 0 Å². The highest BCUT2D eigenvalue weighted by atomic mass is 32.2. The van der Waals surface area contributed by atoms with Crippen LogP contribution in [0.3, 0.4) is 0 Å². The van der Waals surface area contributed by atoms with Crippen LogP contribution in [0, 0.1) is 0 Å². The van der Waals surface area contributed by atoms with E-state index in [0.29, 0.717) is 5.56 Å². The average molecular weight is 261 g/mol. The number of benzene rings is 1. The van der Waals surface area contributed by atoms with Crippen LogP contribution in [0.2, 0.25) is 0 Å². The van der Waals surface area contributed by atoms with Gasteiger partial charge in [0.2, 0.25) is 0 Å². The highest BCUT2D eigenvalue weighted by Gasteiger charge is 2.04. The standard InChI is InChI=1S/C13H15N3OS/c1-2-6-16-13(14-10-15-16)9-18-12-5-3-4-11(7-12)8-17/h3-5,7-8,10H,2,6,9H2,1H3. The van der Waals surface area contributed by atoms with Gasteiger partial charge in [0.15, 0.2) is 0 Å². The van der Waals surface area contributed by atoms with E-state index in [1.165, 1.54) is 0 Å². The summed E-state index contributed by atoms with van der Waals surface area (Å²) in [6, 6.07) is 7.58. The molecule has 0 amide bonds. The monoisotopic (exact) mass is 261 g/mol. The predicted molar refractivity (Wildman–Crippen MR) is 71.7 cm³/mol. The van der Waals surface area contributed by atoms with E-state index < -0.39 is 0 Å². The predicted octanol–water partition coefficient (Wildman–Crippen LogP) is 2.79. The number of aromatic nitrogens is 3. The zero-order valence-electron chi connectivity index (χ0n) is 10.2. The largest absolute Gasteiger partial charge is 0.298 e. The van der Waals surface area contributed by atoms with Gasteiger partial charge in [0.1, 0.15) is 18.4 Å². The maximum absolute atomic E-state index is 10.7. The van der Waals surface area contributed by atoms with E-state index in [1.54, 1.807) is 24.2 Å². The van der Waals surface area contributed by atoms with Crippen LogP contribution < -0.4 is 0 Å². The minimum absolute atomic E-state index is 0.704. The average Bonchev–Trinajstić information content (AvgIpc) is 2.85. The number of aldehydes is 1. The second-order valence-electron chi connectivity index (χ2n) is 3.88. The number of carbonyl (C=O) groups is 1. The second-order valence-corrected chi connectivity index (χ2v) is 4.93. The normalized spacial score (nSPS) is 10.5. The van der Waals surface area contributed by atoms with Crippen molar-refractivity contribution in [2.45, 2.75) is 30.5 Å². The van der Waals surface area contributed by atoms with Crippen LogP contribution in [0.4, 0.5) is 0 Å². The van der Waals surface area contributed by atoms with Gasteiger partial charge >= 0.3 is 0 Å². The van der Waals surface area contributed by atoms with Gasteiger partial charge in [-0.15, -0.1) is 11.8 Å². The minimum atomic E-state index is 0.704. The summed E-state index contributed by atoms with van der Waals surface area (Å²) in [7, 11) is 0. The first-order chi connectivity index (χ1) is 8.83. The maximum Gasteiger partial charge on any atom is 0.150 e. The molecule has 0 spiro atoms. The number of aryl methyl sites for hydroxylation is 1. The van der Waals surface area contributed by atoms with E-state index in [0.717, 1.165) is 35.7 Å². The Morgan fingerprint density at radius 3 is 3.11 bits per heavy atom. The first-order valence-electron chi connectivity index (χ1n) is 5.88. The van der Waals surface area contributed by atoms with Crippen molar-refractivity contribution in [3.05, 3.63) is 42.0 Å². The lowest BCUT2D eigenvalue weighted by Crippen LogP contribution is -2.04. The van der Waals surface area contributed by atoms with Gasteiger partial charge in [0.05, 0.1) is 5.75 Å². The first kappa shape index (κ1) is 12.8. The molecule has 1 heterocycles. The fourth-order valence-corrected chi connectivity index (χ4v) is 2.54. The van der Waals surface area contributed by atoms with Crippen molar-refractivity contribution in [2.24, 2.45) is 0 Å². The van der Waals surface area contributed by atoms with Gasteiger partial charge in [-0.05, 0) is 18.6 Å². The van der Waals surface area contributed by atoms with Gasteiger partial charge in [-0.2, -0.15) is 5.10 Å². The molecule has 0 bridgehead atoms. The molecule has 0 saturated carbocycles. The molecular weight excluding hydrogens is 246 g/mol. The quantitative estimate of drug-likeness (QED) is 0.592. The van der Waals surface area contributed by atoms with Crippen LogP contribution >= 0.6 is 11.8 Å². The number of hydrogen-bond donors (Lipinski definition) is 0. The summed E-state index contributed by atoms with van der Waals surface area (Å²) >= 11 is 1.67. The number of carbonyl (C=O) groups excluding carboxylic acids is 1. The molecule has 94 valence electrons. The van der Waals surface area contributed by atoms with E-state index >= 15 is 0 Å². The summed E-state index contributed by atoms with van der Waals surface area (Å²) in [4.78, 5) is 16.0. The van der Waals surface area contributed by atoms with Crippen LogP contribution in [0.15, 0.2) is 35.5 Å². The summed E-state index contributed by atoms with van der Waals surface area (Å²) in [6.45, 7) is 3.01. The molecule has 0 aliphatic rings. The summed E-state index contributed by atoms with van der Waals surface area (Å²) < 4.78 is 1.93. The zero-order valence-corrected chi connectivity index (χ0v) is 11.1. The van der Waals surface area contributed by atoms with Crippen molar-refractivity contribution in [3.63, 3.8) is 0 Å².